The van der Waals surface area contributed by atoms with E-state index in [9.17, 15) is 8.78 Å². The Labute approximate surface area is 122 Å². The summed E-state index contributed by atoms with van der Waals surface area (Å²) in [7, 11) is 0. The van der Waals surface area contributed by atoms with E-state index in [4.69, 9.17) is 4.74 Å². The minimum absolute atomic E-state index is 0.0301. The summed E-state index contributed by atoms with van der Waals surface area (Å²) in [5.74, 6) is -0.0344. The first-order valence-electron chi connectivity index (χ1n) is 7.10. The minimum Gasteiger partial charge on any atom is -0.493 e. The van der Waals surface area contributed by atoms with Gasteiger partial charge >= 0.3 is 0 Å². The van der Waals surface area contributed by atoms with Crippen LogP contribution in [0.5, 0.6) is 5.75 Å². The molecule has 0 saturated heterocycles. The molecule has 1 aliphatic heterocycles. The maximum Gasteiger partial charge on any atom is 0.128 e. The van der Waals surface area contributed by atoms with Crippen LogP contribution in [0.15, 0.2) is 42.5 Å². The number of benzene rings is 2. The van der Waals surface area contributed by atoms with Gasteiger partial charge in [0.25, 0.3) is 0 Å². The maximum atomic E-state index is 14.1. The van der Waals surface area contributed by atoms with E-state index in [2.05, 4.69) is 5.32 Å². The third kappa shape index (κ3) is 2.63. The van der Waals surface area contributed by atoms with Crippen molar-refractivity contribution in [3.8, 4) is 5.75 Å². The molecule has 1 aliphatic rings. The highest BCUT2D eigenvalue weighted by molar-refractivity contribution is 5.42. The van der Waals surface area contributed by atoms with Crippen molar-refractivity contribution in [1.29, 1.82) is 0 Å². The molecule has 0 aromatic heterocycles. The van der Waals surface area contributed by atoms with Crippen LogP contribution in [0.2, 0.25) is 0 Å². The molecule has 2 aromatic rings. The fourth-order valence-corrected chi connectivity index (χ4v) is 2.91. The highest BCUT2D eigenvalue weighted by Gasteiger charge is 2.33. The van der Waals surface area contributed by atoms with Gasteiger partial charge < -0.3 is 10.1 Å². The quantitative estimate of drug-likeness (QED) is 0.924. The molecule has 2 aromatic carbocycles. The Morgan fingerprint density at radius 2 is 2.05 bits per heavy atom. The van der Waals surface area contributed by atoms with Gasteiger partial charge in [-0.15, -0.1) is 0 Å². The Morgan fingerprint density at radius 1 is 1.24 bits per heavy atom. The van der Waals surface area contributed by atoms with Gasteiger partial charge in [0.15, 0.2) is 0 Å². The summed E-state index contributed by atoms with van der Waals surface area (Å²) >= 11 is 0. The molecule has 2 nitrogen and oxygen atoms in total. The van der Waals surface area contributed by atoms with E-state index in [0.29, 0.717) is 18.7 Å². The van der Waals surface area contributed by atoms with Crippen LogP contribution >= 0.6 is 0 Å². The molecule has 0 radical (unpaired) electrons. The number of halogens is 2. The Balaban J connectivity index is 2.01. The lowest BCUT2D eigenvalue weighted by molar-refractivity contribution is 0.298. The van der Waals surface area contributed by atoms with Crippen LogP contribution in [0.3, 0.4) is 0 Å². The van der Waals surface area contributed by atoms with Gasteiger partial charge in [-0.2, -0.15) is 0 Å². The smallest absolute Gasteiger partial charge is 0.128 e. The van der Waals surface area contributed by atoms with Gasteiger partial charge in [0.1, 0.15) is 17.4 Å². The van der Waals surface area contributed by atoms with Gasteiger partial charge in [-0.3, -0.25) is 0 Å². The summed E-state index contributed by atoms with van der Waals surface area (Å²) in [5.41, 5.74) is 1.38. The molecular weight excluding hydrogens is 272 g/mol. The van der Waals surface area contributed by atoms with Crippen molar-refractivity contribution in [1.82, 2.24) is 5.32 Å². The zero-order valence-corrected chi connectivity index (χ0v) is 11.8. The predicted molar refractivity (Wildman–Crippen MR) is 77.5 cm³/mol. The fourth-order valence-electron chi connectivity index (χ4n) is 2.91. The van der Waals surface area contributed by atoms with Crippen LogP contribution in [0.4, 0.5) is 8.78 Å². The Hall–Kier alpha value is -1.94. The standard InChI is InChI=1S/C17H17F2NO/c1-2-20-17(13-9-11(18)7-8-15(13)19)14-10-21-16-6-4-3-5-12(14)16/h3-9,14,17,20H,2,10H2,1H3. The molecule has 110 valence electrons. The number of para-hydroxylation sites is 1. The normalized spacial score (nSPS) is 18.1. The molecule has 1 N–H and O–H groups in total. The summed E-state index contributed by atoms with van der Waals surface area (Å²) < 4.78 is 33.3. The van der Waals surface area contributed by atoms with Gasteiger partial charge in [-0.1, -0.05) is 25.1 Å². The third-order valence-corrected chi connectivity index (χ3v) is 3.86. The van der Waals surface area contributed by atoms with E-state index in [-0.39, 0.29) is 12.0 Å². The first-order valence-corrected chi connectivity index (χ1v) is 7.10. The maximum absolute atomic E-state index is 14.1. The van der Waals surface area contributed by atoms with Crippen LogP contribution in [0, 0.1) is 11.6 Å². The lowest BCUT2D eigenvalue weighted by Crippen LogP contribution is -2.28. The van der Waals surface area contributed by atoms with Crippen molar-refractivity contribution in [2.75, 3.05) is 13.2 Å². The first kappa shape index (κ1) is 14.0. The number of likely N-dealkylation sites (N-methyl/N-ethyl adjacent to an activating group) is 1. The lowest BCUT2D eigenvalue weighted by Gasteiger charge is -2.24. The van der Waals surface area contributed by atoms with E-state index in [1.807, 2.05) is 31.2 Å². The van der Waals surface area contributed by atoms with Crippen LogP contribution in [-0.4, -0.2) is 13.2 Å². The highest BCUT2D eigenvalue weighted by Crippen LogP contribution is 2.41. The zero-order chi connectivity index (χ0) is 14.8. The summed E-state index contributed by atoms with van der Waals surface area (Å²) in [6.45, 7) is 3.08. The second kappa shape index (κ2) is 5.82. The van der Waals surface area contributed by atoms with E-state index in [0.717, 1.165) is 17.4 Å². The molecule has 0 bridgehead atoms. The topological polar surface area (TPSA) is 21.3 Å². The molecule has 0 spiro atoms. The molecule has 4 heteroatoms. The fraction of sp³-hybridized carbons (Fsp3) is 0.294. The van der Waals surface area contributed by atoms with Gasteiger partial charge in [0, 0.05) is 23.1 Å². The monoisotopic (exact) mass is 289 g/mol. The average Bonchev–Trinajstić information content (AvgIpc) is 2.91. The van der Waals surface area contributed by atoms with Crippen molar-refractivity contribution in [2.24, 2.45) is 0 Å². The molecule has 21 heavy (non-hydrogen) atoms. The van der Waals surface area contributed by atoms with E-state index in [1.165, 1.54) is 12.1 Å². The Kier molecular flexibility index (Phi) is 3.88. The summed E-state index contributed by atoms with van der Waals surface area (Å²) in [6.07, 6.45) is 0. The number of hydrogen-bond donors (Lipinski definition) is 1. The van der Waals surface area contributed by atoms with Crippen LogP contribution in [0.1, 0.15) is 30.0 Å². The SMILES string of the molecule is CCNC(c1cc(F)ccc1F)C1COc2ccccc21. The van der Waals surface area contributed by atoms with Crippen molar-refractivity contribution < 1.29 is 13.5 Å². The number of hydrogen-bond acceptors (Lipinski definition) is 2. The third-order valence-electron chi connectivity index (χ3n) is 3.86. The summed E-state index contributed by atoms with van der Waals surface area (Å²) in [4.78, 5) is 0. The largest absolute Gasteiger partial charge is 0.493 e. The second-order valence-corrected chi connectivity index (χ2v) is 5.16. The molecule has 0 fully saturated rings. The number of rotatable bonds is 4. The minimum atomic E-state index is -0.429. The number of nitrogens with one attached hydrogen (secondary N) is 1. The van der Waals surface area contributed by atoms with Crippen molar-refractivity contribution in [3.05, 3.63) is 65.2 Å². The molecule has 2 atom stereocenters. The van der Waals surface area contributed by atoms with Gasteiger partial charge in [0.05, 0.1) is 6.61 Å². The molecule has 2 unspecified atom stereocenters. The lowest BCUT2D eigenvalue weighted by atomic mass is 9.88. The van der Waals surface area contributed by atoms with Crippen molar-refractivity contribution in [3.63, 3.8) is 0 Å². The van der Waals surface area contributed by atoms with Crippen LogP contribution < -0.4 is 10.1 Å². The summed E-state index contributed by atoms with van der Waals surface area (Å²) in [5, 5.41) is 3.26. The van der Waals surface area contributed by atoms with E-state index < -0.39 is 11.6 Å². The van der Waals surface area contributed by atoms with Gasteiger partial charge in [-0.25, -0.2) is 8.78 Å². The predicted octanol–water partition coefficient (Wildman–Crippen LogP) is 3.79. The van der Waals surface area contributed by atoms with Crippen molar-refractivity contribution in [2.45, 2.75) is 18.9 Å². The zero-order valence-electron chi connectivity index (χ0n) is 11.8. The Morgan fingerprint density at radius 3 is 2.86 bits per heavy atom. The van der Waals surface area contributed by atoms with Gasteiger partial charge in [-0.05, 0) is 30.8 Å². The Bertz CT molecular complexity index is 644. The molecule has 0 amide bonds. The molecule has 3 rings (SSSR count). The first-order chi connectivity index (χ1) is 10.2. The number of fused-ring (bicyclic) bond motifs is 1. The average molecular weight is 289 g/mol. The molecule has 0 saturated carbocycles. The van der Waals surface area contributed by atoms with Crippen LogP contribution in [-0.2, 0) is 0 Å². The highest BCUT2D eigenvalue weighted by atomic mass is 19.1. The summed E-state index contributed by atoms with van der Waals surface area (Å²) in [6, 6.07) is 11.0. The molecular formula is C17H17F2NO. The number of ether oxygens (including phenoxy) is 1. The molecule has 1 heterocycles. The van der Waals surface area contributed by atoms with Crippen LogP contribution in [0.25, 0.3) is 0 Å². The van der Waals surface area contributed by atoms with Crippen molar-refractivity contribution >= 4 is 0 Å². The van der Waals surface area contributed by atoms with E-state index in [1.54, 1.807) is 0 Å². The van der Waals surface area contributed by atoms with Gasteiger partial charge in [0.2, 0.25) is 0 Å². The van der Waals surface area contributed by atoms with E-state index >= 15 is 0 Å². The second-order valence-electron chi connectivity index (χ2n) is 5.16. The molecule has 0 aliphatic carbocycles.